The van der Waals surface area contributed by atoms with Crippen molar-refractivity contribution in [3.63, 3.8) is 0 Å². The first kappa shape index (κ1) is 23.2. The van der Waals surface area contributed by atoms with Crippen LogP contribution in [0.5, 0.6) is 0 Å². The second kappa shape index (κ2) is 9.17. The van der Waals surface area contributed by atoms with Crippen molar-refractivity contribution < 1.29 is 9.90 Å². The van der Waals surface area contributed by atoms with Crippen LogP contribution in [-0.4, -0.2) is 42.5 Å². The van der Waals surface area contributed by atoms with Gasteiger partial charge in [-0.3, -0.25) is 4.79 Å². The predicted octanol–water partition coefficient (Wildman–Crippen LogP) is 5.69. The summed E-state index contributed by atoms with van der Waals surface area (Å²) in [5.41, 5.74) is 5.67. The first-order valence-corrected chi connectivity index (χ1v) is 11.1. The molecule has 2 aliphatic rings. The van der Waals surface area contributed by atoms with E-state index in [9.17, 15) is 4.79 Å². The first-order chi connectivity index (χ1) is 13.0. The number of alkyl halides is 1. The van der Waals surface area contributed by atoms with Gasteiger partial charge in [-0.05, 0) is 79.1 Å². The number of aliphatic carboxylic acids is 1. The third-order valence-electron chi connectivity index (χ3n) is 6.96. The molecular weight excluding hydrogens is 370 g/mol. The number of rotatable bonds is 4. The lowest BCUT2D eigenvalue weighted by atomic mass is 9.49. The van der Waals surface area contributed by atoms with E-state index in [1.807, 2.05) is 0 Å². The van der Waals surface area contributed by atoms with Gasteiger partial charge in [0, 0.05) is 6.54 Å². The molecule has 4 heteroatoms. The van der Waals surface area contributed by atoms with Gasteiger partial charge in [0.1, 0.15) is 5.88 Å². The van der Waals surface area contributed by atoms with E-state index in [0.717, 1.165) is 5.92 Å². The fraction of sp³-hybridized carbons (Fsp3) is 0.708. The maximum absolute atomic E-state index is 9.24. The van der Waals surface area contributed by atoms with Gasteiger partial charge < -0.3 is 10.0 Å². The van der Waals surface area contributed by atoms with E-state index in [2.05, 4.69) is 64.9 Å². The minimum absolute atomic E-state index is 0.306. The molecule has 2 aliphatic carbocycles. The normalized spacial score (nSPS) is 29.0. The maximum atomic E-state index is 9.24. The lowest BCUT2D eigenvalue weighted by Crippen LogP contribution is -2.52. The highest BCUT2D eigenvalue weighted by molar-refractivity contribution is 6.26. The van der Waals surface area contributed by atoms with Crippen LogP contribution in [0.4, 0.5) is 0 Å². The van der Waals surface area contributed by atoms with E-state index in [-0.39, 0.29) is 5.88 Å². The van der Waals surface area contributed by atoms with E-state index in [1.165, 1.54) is 44.2 Å². The summed E-state index contributed by atoms with van der Waals surface area (Å²) in [7, 11) is 4.48. The second-order valence-corrected chi connectivity index (χ2v) is 10.1. The summed E-state index contributed by atoms with van der Waals surface area (Å²) in [4.78, 5) is 11.6. The van der Waals surface area contributed by atoms with E-state index >= 15 is 0 Å². The summed E-state index contributed by atoms with van der Waals surface area (Å²) in [6.07, 6.45) is 6.79. The van der Waals surface area contributed by atoms with Crippen molar-refractivity contribution in [2.45, 2.75) is 71.1 Å². The number of hydrogen-bond donors (Lipinski definition) is 1. The van der Waals surface area contributed by atoms with Gasteiger partial charge in [0.25, 0.3) is 0 Å². The Bertz CT molecular complexity index is 687. The number of carboxylic acids is 1. The molecule has 0 amide bonds. The van der Waals surface area contributed by atoms with Crippen molar-refractivity contribution in [2.75, 3.05) is 26.5 Å². The Morgan fingerprint density at radius 1 is 1.29 bits per heavy atom. The maximum Gasteiger partial charge on any atom is 0.318 e. The van der Waals surface area contributed by atoms with E-state index in [0.29, 0.717) is 16.7 Å². The summed E-state index contributed by atoms with van der Waals surface area (Å²) in [5.74, 6) is 0.173. The zero-order valence-corrected chi connectivity index (χ0v) is 19.3. The summed E-state index contributed by atoms with van der Waals surface area (Å²) in [6, 6.07) is 7.40. The van der Waals surface area contributed by atoms with Gasteiger partial charge in [0.05, 0.1) is 0 Å². The number of aryl methyl sites for hydroxylation is 1. The lowest BCUT2D eigenvalue weighted by molar-refractivity contribution is -0.134. The Morgan fingerprint density at radius 3 is 2.46 bits per heavy atom. The molecule has 0 spiro atoms. The Labute approximate surface area is 176 Å². The molecule has 1 aromatic rings. The highest BCUT2D eigenvalue weighted by Crippen LogP contribution is 2.57. The molecule has 0 aromatic heterocycles. The fourth-order valence-electron chi connectivity index (χ4n) is 5.91. The van der Waals surface area contributed by atoms with Crippen LogP contribution < -0.4 is 0 Å². The van der Waals surface area contributed by atoms with Crippen LogP contribution in [0.2, 0.25) is 0 Å². The van der Waals surface area contributed by atoms with Crippen LogP contribution in [0, 0.1) is 11.3 Å². The third-order valence-corrected chi connectivity index (χ3v) is 7.19. The molecule has 3 rings (SSSR count). The topological polar surface area (TPSA) is 40.5 Å². The monoisotopic (exact) mass is 407 g/mol. The van der Waals surface area contributed by atoms with Crippen LogP contribution in [0.15, 0.2) is 18.2 Å². The third kappa shape index (κ3) is 4.91. The molecule has 0 heterocycles. The first-order valence-electron chi connectivity index (χ1n) is 10.6. The highest BCUT2D eigenvalue weighted by atomic mass is 35.5. The van der Waals surface area contributed by atoms with Crippen molar-refractivity contribution in [3.05, 3.63) is 34.9 Å². The average molecular weight is 408 g/mol. The molecule has 0 saturated heterocycles. The van der Waals surface area contributed by atoms with Gasteiger partial charge >= 0.3 is 5.97 Å². The quantitative estimate of drug-likeness (QED) is 0.651. The van der Waals surface area contributed by atoms with E-state index in [4.69, 9.17) is 16.7 Å². The number of nitrogens with zero attached hydrogens (tertiary/aromatic N) is 1. The number of benzene rings is 1. The van der Waals surface area contributed by atoms with Crippen molar-refractivity contribution in [3.8, 4) is 0 Å². The Hall–Kier alpha value is -1.06. The Morgan fingerprint density at radius 2 is 1.93 bits per heavy atom. The molecule has 1 saturated carbocycles. The number of carbonyl (C=O) groups is 1. The number of hydrogen-bond acceptors (Lipinski definition) is 2. The molecule has 0 radical (unpaired) electrons. The Balaban J connectivity index is 0.000000500. The van der Waals surface area contributed by atoms with Gasteiger partial charge in [-0.1, -0.05) is 52.3 Å². The van der Waals surface area contributed by atoms with Crippen molar-refractivity contribution in [1.29, 1.82) is 0 Å². The van der Waals surface area contributed by atoms with Crippen LogP contribution in [-0.2, 0) is 16.6 Å². The second-order valence-electron chi connectivity index (χ2n) is 9.85. The van der Waals surface area contributed by atoms with E-state index in [1.54, 1.807) is 11.1 Å². The van der Waals surface area contributed by atoms with Gasteiger partial charge in [-0.2, -0.15) is 0 Å². The molecule has 28 heavy (non-hydrogen) atoms. The molecule has 0 aliphatic heterocycles. The fourth-order valence-corrected chi connectivity index (χ4v) is 5.91. The molecule has 1 fully saturated rings. The van der Waals surface area contributed by atoms with Crippen LogP contribution in [0.3, 0.4) is 0 Å². The number of carboxylic acid groups (broad SMARTS) is 1. The molecule has 158 valence electrons. The minimum Gasteiger partial charge on any atom is -0.480 e. The predicted molar refractivity (Wildman–Crippen MR) is 119 cm³/mol. The van der Waals surface area contributed by atoms with Crippen molar-refractivity contribution in [1.82, 2.24) is 4.90 Å². The lowest BCUT2D eigenvalue weighted by Gasteiger charge is -2.56. The molecular formula is C24H38ClNO2. The van der Waals surface area contributed by atoms with Crippen molar-refractivity contribution >= 4 is 17.6 Å². The van der Waals surface area contributed by atoms with Crippen LogP contribution in [0.1, 0.15) is 76.0 Å². The highest BCUT2D eigenvalue weighted by Gasteiger charge is 2.51. The Kier molecular flexibility index (Phi) is 7.61. The van der Waals surface area contributed by atoms with Crippen molar-refractivity contribution in [2.24, 2.45) is 11.3 Å². The van der Waals surface area contributed by atoms with Gasteiger partial charge in [0.2, 0.25) is 0 Å². The molecule has 1 aromatic carbocycles. The van der Waals surface area contributed by atoms with E-state index < -0.39 is 5.97 Å². The van der Waals surface area contributed by atoms with Gasteiger partial charge in [0.15, 0.2) is 0 Å². The zero-order valence-electron chi connectivity index (χ0n) is 18.5. The summed E-state index contributed by atoms with van der Waals surface area (Å²) >= 11 is 4.74. The standard InChI is InChI=1S/C22H35N.C2H3ClO2/c1-16(2)17-8-10-19-18(14-17)9-11-20-21(3,15-23(5)6)12-7-13-22(19,20)4;3-1-2(4)5/h8,10,14,16,20H,7,9,11-13,15H2,1-6H3;1H2,(H,4,5). The molecule has 3 nitrogen and oxygen atoms in total. The summed E-state index contributed by atoms with van der Waals surface area (Å²) in [6.45, 7) is 11.0. The van der Waals surface area contributed by atoms with Gasteiger partial charge in [-0.15, -0.1) is 11.6 Å². The molecule has 1 N–H and O–H groups in total. The van der Waals surface area contributed by atoms with Crippen LogP contribution >= 0.6 is 11.6 Å². The molecule has 0 bridgehead atoms. The number of halogens is 1. The zero-order chi connectivity index (χ0) is 21.1. The molecule has 3 unspecified atom stereocenters. The van der Waals surface area contributed by atoms with Gasteiger partial charge in [-0.25, -0.2) is 0 Å². The minimum atomic E-state index is -0.980. The largest absolute Gasteiger partial charge is 0.480 e. The summed E-state index contributed by atoms with van der Waals surface area (Å²) < 4.78 is 0. The van der Waals surface area contributed by atoms with Crippen LogP contribution in [0.25, 0.3) is 0 Å². The smallest absolute Gasteiger partial charge is 0.318 e. The summed E-state index contributed by atoms with van der Waals surface area (Å²) in [5, 5.41) is 7.59. The average Bonchev–Trinajstić information content (AvgIpc) is 2.60. The number of fused-ring (bicyclic) bond motifs is 3. The SMILES string of the molecule is CC(C)c1ccc2c(c1)CCC1C(C)(CN(C)C)CCCC21C.O=C(O)CCl. The molecule has 3 atom stereocenters.